The molecule has 2 N–H and O–H groups in total. The number of rotatable bonds is 4. The van der Waals surface area contributed by atoms with Crippen LogP contribution in [0.25, 0.3) is 0 Å². The molecule has 0 amide bonds. The fourth-order valence-electron chi connectivity index (χ4n) is 2.66. The van der Waals surface area contributed by atoms with Crippen molar-refractivity contribution >= 4 is 0 Å². The van der Waals surface area contributed by atoms with Gasteiger partial charge in [0.25, 0.3) is 0 Å². The third-order valence-electron chi connectivity index (χ3n) is 3.94. The molecule has 0 saturated heterocycles. The molecule has 0 aliphatic heterocycles. The van der Waals surface area contributed by atoms with E-state index < -0.39 is 0 Å². The summed E-state index contributed by atoms with van der Waals surface area (Å²) < 4.78 is 5.25. The highest BCUT2D eigenvalue weighted by molar-refractivity contribution is 5.46. The van der Waals surface area contributed by atoms with Crippen LogP contribution in [-0.2, 0) is 5.41 Å². The largest absolute Gasteiger partial charge is 0.497 e. The van der Waals surface area contributed by atoms with E-state index in [4.69, 9.17) is 4.74 Å². The molecule has 2 aromatic heterocycles. The smallest absolute Gasteiger partial charge is 0.118 e. The molecule has 3 heteroatoms. The second-order valence-corrected chi connectivity index (χ2v) is 5.02. The first-order valence-electron chi connectivity index (χ1n) is 6.67. The number of nitrogens with one attached hydrogen (secondary N) is 2. The zero-order valence-corrected chi connectivity index (χ0v) is 11.7. The summed E-state index contributed by atoms with van der Waals surface area (Å²) in [5.74, 6) is 0.870. The van der Waals surface area contributed by atoms with Crippen molar-refractivity contribution in [3.8, 4) is 5.75 Å². The maximum atomic E-state index is 5.25. The van der Waals surface area contributed by atoms with Crippen molar-refractivity contribution in [1.82, 2.24) is 9.97 Å². The third kappa shape index (κ3) is 1.92. The lowest BCUT2D eigenvalue weighted by atomic mass is 9.77. The summed E-state index contributed by atoms with van der Waals surface area (Å²) in [7, 11) is 1.68. The first-order valence-corrected chi connectivity index (χ1v) is 6.67. The van der Waals surface area contributed by atoms with E-state index >= 15 is 0 Å². The predicted octanol–water partition coefficient (Wildman–Crippen LogP) is 3.71. The van der Waals surface area contributed by atoms with Gasteiger partial charge in [0, 0.05) is 23.8 Å². The third-order valence-corrected chi connectivity index (χ3v) is 3.94. The van der Waals surface area contributed by atoms with Crippen LogP contribution in [0.4, 0.5) is 0 Å². The van der Waals surface area contributed by atoms with E-state index in [1.165, 1.54) is 5.56 Å². The maximum absolute atomic E-state index is 5.25. The van der Waals surface area contributed by atoms with Crippen molar-refractivity contribution in [1.29, 1.82) is 0 Å². The second kappa shape index (κ2) is 4.93. The van der Waals surface area contributed by atoms with Gasteiger partial charge in [-0.2, -0.15) is 0 Å². The molecule has 0 spiro atoms. The molecule has 3 aromatic rings. The number of ether oxygens (including phenoxy) is 1. The Labute approximate surface area is 118 Å². The molecule has 20 heavy (non-hydrogen) atoms. The number of aromatic nitrogens is 2. The summed E-state index contributed by atoms with van der Waals surface area (Å²) in [4.78, 5) is 6.68. The van der Waals surface area contributed by atoms with Gasteiger partial charge < -0.3 is 14.7 Å². The van der Waals surface area contributed by atoms with Crippen molar-refractivity contribution < 1.29 is 4.74 Å². The SMILES string of the molecule is COc1ccc(C(C)(c2ccc[nH]2)c2ccc[nH]2)cc1. The summed E-state index contributed by atoms with van der Waals surface area (Å²) in [5, 5.41) is 0. The van der Waals surface area contributed by atoms with Crippen molar-refractivity contribution in [3.63, 3.8) is 0 Å². The number of aromatic amines is 2. The fraction of sp³-hybridized carbons (Fsp3) is 0.176. The van der Waals surface area contributed by atoms with Crippen LogP contribution in [0.3, 0.4) is 0 Å². The van der Waals surface area contributed by atoms with Crippen LogP contribution >= 0.6 is 0 Å². The average Bonchev–Trinajstić information content (AvgIpc) is 3.19. The zero-order chi connectivity index (χ0) is 14.0. The van der Waals surface area contributed by atoms with Gasteiger partial charge in [-0.15, -0.1) is 0 Å². The van der Waals surface area contributed by atoms with Gasteiger partial charge in [-0.25, -0.2) is 0 Å². The Morgan fingerprint density at radius 2 is 1.40 bits per heavy atom. The van der Waals surface area contributed by atoms with Crippen LogP contribution in [0, 0.1) is 0 Å². The lowest BCUT2D eigenvalue weighted by Crippen LogP contribution is -2.26. The Morgan fingerprint density at radius 1 is 0.850 bits per heavy atom. The minimum Gasteiger partial charge on any atom is -0.497 e. The van der Waals surface area contributed by atoms with E-state index in [-0.39, 0.29) is 5.41 Å². The minimum absolute atomic E-state index is 0.237. The number of methoxy groups -OCH3 is 1. The van der Waals surface area contributed by atoms with E-state index in [2.05, 4.69) is 41.2 Å². The standard InChI is InChI=1S/C17H18N2O/c1-17(15-5-3-11-18-15,16-6-4-12-19-16)13-7-9-14(20-2)10-8-13/h3-12,18-19H,1-2H3. The van der Waals surface area contributed by atoms with Crippen molar-refractivity contribution in [2.45, 2.75) is 12.3 Å². The Balaban J connectivity index is 2.15. The Kier molecular flexibility index (Phi) is 3.11. The van der Waals surface area contributed by atoms with Crippen molar-refractivity contribution in [2.75, 3.05) is 7.11 Å². The van der Waals surface area contributed by atoms with Crippen LogP contribution in [0.2, 0.25) is 0 Å². The number of hydrogen-bond acceptors (Lipinski definition) is 1. The molecule has 0 aliphatic carbocycles. The normalized spacial score (nSPS) is 11.5. The fourth-order valence-corrected chi connectivity index (χ4v) is 2.66. The van der Waals surface area contributed by atoms with Gasteiger partial charge in [-0.3, -0.25) is 0 Å². The summed E-state index contributed by atoms with van der Waals surface area (Å²) >= 11 is 0. The first-order chi connectivity index (χ1) is 9.75. The maximum Gasteiger partial charge on any atom is 0.118 e. The Bertz CT molecular complexity index is 617. The van der Waals surface area contributed by atoms with Crippen LogP contribution < -0.4 is 4.74 Å². The molecule has 0 saturated carbocycles. The van der Waals surface area contributed by atoms with Crippen molar-refractivity contribution in [3.05, 3.63) is 77.9 Å². The summed E-state index contributed by atoms with van der Waals surface area (Å²) in [5.41, 5.74) is 3.29. The second-order valence-electron chi connectivity index (χ2n) is 5.02. The highest BCUT2D eigenvalue weighted by atomic mass is 16.5. The monoisotopic (exact) mass is 266 g/mol. The van der Waals surface area contributed by atoms with E-state index in [0.29, 0.717) is 0 Å². The van der Waals surface area contributed by atoms with E-state index in [1.54, 1.807) is 7.11 Å². The Hall–Kier alpha value is -2.42. The van der Waals surface area contributed by atoms with Crippen LogP contribution in [0.1, 0.15) is 23.9 Å². The minimum atomic E-state index is -0.237. The van der Waals surface area contributed by atoms with Gasteiger partial charge in [0.1, 0.15) is 5.75 Å². The lowest BCUT2D eigenvalue weighted by molar-refractivity contribution is 0.414. The molecule has 0 unspecified atom stereocenters. The van der Waals surface area contributed by atoms with Crippen LogP contribution in [0.5, 0.6) is 5.75 Å². The number of benzene rings is 1. The molecule has 0 atom stereocenters. The van der Waals surface area contributed by atoms with Crippen LogP contribution in [0.15, 0.2) is 60.9 Å². The van der Waals surface area contributed by atoms with Gasteiger partial charge in [0.2, 0.25) is 0 Å². The zero-order valence-electron chi connectivity index (χ0n) is 11.7. The van der Waals surface area contributed by atoms with Gasteiger partial charge in [-0.1, -0.05) is 12.1 Å². The molecule has 3 nitrogen and oxygen atoms in total. The Morgan fingerprint density at radius 3 is 1.80 bits per heavy atom. The average molecular weight is 266 g/mol. The molecule has 0 fully saturated rings. The van der Waals surface area contributed by atoms with Gasteiger partial charge in [0.05, 0.1) is 12.5 Å². The molecule has 2 heterocycles. The van der Waals surface area contributed by atoms with Gasteiger partial charge in [-0.05, 0) is 48.9 Å². The number of hydrogen-bond donors (Lipinski definition) is 2. The summed E-state index contributed by atoms with van der Waals surface area (Å²) in [6, 6.07) is 16.5. The summed E-state index contributed by atoms with van der Waals surface area (Å²) in [6.07, 6.45) is 3.92. The predicted molar refractivity (Wildman–Crippen MR) is 80.1 cm³/mol. The van der Waals surface area contributed by atoms with E-state index in [0.717, 1.165) is 17.1 Å². The molecule has 102 valence electrons. The molecule has 3 rings (SSSR count). The van der Waals surface area contributed by atoms with E-state index in [9.17, 15) is 0 Å². The van der Waals surface area contributed by atoms with E-state index in [1.807, 2.05) is 36.7 Å². The molecule has 1 aromatic carbocycles. The molecule has 0 aliphatic rings. The first kappa shape index (κ1) is 12.6. The van der Waals surface area contributed by atoms with Gasteiger partial charge >= 0.3 is 0 Å². The molecule has 0 bridgehead atoms. The van der Waals surface area contributed by atoms with Gasteiger partial charge in [0.15, 0.2) is 0 Å². The number of H-pyrrole nitrogens is 2. The topological polar surface area (TPSA) is 40.8 Å². The molecular weight excluding hydrogens is 248 g/mol. The lowest BCUT2D eigenvalue weighted by Gasteiger charge is -2.29. The quantitative estimate of drug-likeness (QED) is 0.742. The van der Waals surface area contributed by atoms with Crippen molar-refractivity contribution in [2.24, 2.45) is 0 Å². The summed E-state index contributed by atoms with van der Waals surface area (Å²) in [6.45, 7) is 2.21. The highest BCUT2D eigenvalue weighted by Gasteiger charge is 2.32. The van der Waals surface area contributed by atoms with Crippen LogP contribution in [-0.4, -0.2) is 17.1 Å². The molecular formula is C17H18N2O. The molecule has 0 radical (unpaired) electrons. The highest BCUT2D eigenvalue weighted by Crippen LogP contribution is 2.37.